The number of hydrogen-bond donors (Lipinski definition) is 0. The molecule has 0 amide bonds. The second kappa shape index (κ2) is 2.36. The third-order valence-corrected chi connectivity index (χ3v) is 3.07. The average molecular weight is 154 g/mol. The Kier molecular flexibility index (Phi) is 1.47. The van der Waals surface area contributed by atoms with Gasteiger partial charge in [-0.15, -0.1) is 0 Å². The molecule has 2 aliphatic rings. The smallest absolute Gasteiger partial charge is 0.121 e. The van der Waals surface area contributed by atoms with Gasteiger partial charge in [0, 0.05) is 0 Å². The first-order chi connectivity index (χ1) is 5.36. The summed E-state index contributed by atoms with van der Waals surface area (Å²) in [4.78, 5) is 20.6. The fourth-order valence-corrected chi connectivity index (χ4v) is 2.53. The Bertz CT molecular complexity index is 175. The summed E-state index contributed by atoms with van der Waals surface area (Å²) in [6, 6.07) is -0.600. The van der Waals surface area contributed by atoms with Gasteiger partial charge in [-0.2, -0.15) is 9.81 Å². The van der Waals surface area contributed by atoms with Gasteiger partial charge in [0.15, 0.2) is 0 Å². The van der Waals surface area contributed by atoms with Crippen LogP contribution in [0.15, 0.2) is 10.4 Å². The van der Waals surface area contributed by atoms with Crippen molar-refractivity contribution in [2.45, 2.75) is 31.3 Å². The van der Waals surface area contributed by atoms with Crippen LogP contribution < -0.4 is 0 Å². The minimum atomic E-state index is -0.300. The topological polar surface area (TPSA) is 58.9 Å². The maximum Gasteiger partial charge on any atom is 0.121 e. The lowest BCUT2D eigenvalue weighted by molar-refractivity contribution is 0.365. The molecule has 0 unspecified atom stereocenters. The lowest BCUT2D eigenvalue weighted by Crippen LogP contribution is -2.28. The van der Waals surface area contributed by atoms with E-state index in [-0.39, 0.29) is 12.1 Å². The van der Waals surface area contributed by atoms with Crippen molar-refractivity contribution in [1.29, 1.82) is 0 Å². The minimum Gasteiger partial charge on any atom is -0.150 e. The molecule has 4 nitrogen and oxygen atoms in total. The molecule has 0 N–H and O–H groups in total. The quantitative estimate of drug-likeness (QED) is 0.568. The highest BCUT2D eigenvalue weighted by molar-refractivity contribution is 5.04. The summed E-state index contributed by atoms with van der Waals surface area (Å²) in [7, 11) is 0. The van der Waals surface area contributed by atoms with Crippen LogP contribution in [0.4, 0.5) is 0 Å². The van der Waals surface area contributed by atoms with Gasteiger partial charge in [-0.05, 0) is 31.1 Å². The van der Waals surface area contributed by atoms with Crippen molar-refractivity contribution in [2.24, 2.45) is 22.2 Å². The van der Waals surface area contributed by atoms with E-state index in [0.717, 1.165) is 19.3 Å². The molecule has 2 bridgehead atoms. The first-order valence-corrected chi connectivity index (χ1v) is 4.01. The number of nitroso groups, excluding NO2 is 2. The summed E-state index contributed by atoms with van der Waals surface area (Å²) in [5, 5.41) is 5.96. The number of rotatable bonds is 2. The molecule has 0 aromatic rings. The molecule has 0 aromatic heterocycles. The summed E-state index contributed by atoms with van der Waals surface area (Å²) in [5.74, 6) is 0.723. The first kappa shape index (κ1) is 6.88. The molecule has 60 valence electrons. The monoisotopic (exact) mass is 154 g/mol. The van der Waals surface area contributed by atoms with Crippen molar-refractivity contribution >= 4 is 0 Å². The van der Waals surface area contributed by atoms with E-state index >= 15 is 0 Å². The van der Waals surface area contributed by atoms with Gasteiger partial charge in [0.05, 0.1) is 0 Å². The Labute approximate surface area is 64.3 Å². The molecule has 0 radical (unpaired) electrons. The fraction of sp³-hybridized carbons (Fsp3) is 1.00. The predicted molar refractivity (Wildman–Crippen MR) is 40.0 cm³/mol. The summed E-state index contributed by atoms with van der Waals surface area (Å²) >= 11 is 0. The first-order valence-electron chi connectivity index (χ1n) is 4.01. The molecule has 4 heteroatoms. The van der Waals surface area contributed by atoms with E-state index in [4.69, 9.17) is 0 Å². The van der Waals surface area contributed by atoms with E-state index in [1.165, 1.54) is 0 Å². The van der Waals surface area contributed by atoms with E-state index in [2.05, 4.69) is 10.4 Å². The summed E-state index contributed by atoms with van der Waals surface area (Å²) in [6.45, 7) is 0. The summed E-state index contributed by atoms with van der Waals surface area (Å²) < 4.78 is 0. The van der Waals surface area contributed by atoms with Gasteiger partial charge in [0.1, 0.15) is 12.1 Å². The van der Waals surface area contributed by atoms with Crippen molar-refractivity contribution < 1.29 is 0 Å². The summed E-state index contributed by atoms with van der Waals surface area (Å²) in [6.07, 6.45) is 3.12. The van der Waals surface area contributed by atoms with Gasteiger partial charge in [0.2, 0.25) is 0 Å². The normalized spacial score (nSPS) is 47.6. The molecule has 2 saturated carbocycles. The van der Waals surface area contributed by atoms with Crippen molar-refractivity contribution in [2.75, 3.05) is 0 Å². The molecule has 0 saturated heterocycles. The largest absolute Gasteiger partial charge is 0.150 e. The van der Waals surface area contributed by atoms with Crippen LogP contribution in [0.5, 0.6) is 0 Å². The third-order valence-electron chi connectivity index (χ3n) is 3.07. The van der Waals surface area contributed by atoms with Crippen LogP contribution in [0.2, 0.25) is 0 Å². The Morgan fingerprint density at radius 3 is 1.73 bits per heavy atom. The molecule has 2 fully saturated rings. The van der Waals surface area contributed by atoms with Gasteiger partial charge in [0.25, 0.3) is 0 Å². The van der Waals surface area contributed by atoms with Crippen molar-refractivity contribution in [3.05, 3.63) is 9.81 Å². The highest BCUT2D eigenvalue weighted by Crippen LogP contribution is 2.47. The molecule has 2 aliphatic carbocycles. The Morgan fingerprint density at radius 2 is 1.36 bits per heavy atom. The molecule has 0 aliphatic heterocycles. The van der Waals surface area contributed by atoms with Gasteiger partial charge >= 0.3 is 0 Å². The van der Waals surface area contributed by atoms with Crippen LogP contribution in [0.25, 0.3) is 0 Å². The standard InChI is InChI=1S/C7H10N2O2/c10-8-6-4-1-2-5(3-4)7(6)9-11/h4-7H,1-3H2/t4-,5+,6+,7-. The number of fused-ring (bicyclic) bond motifs is 2. The Hall–Kier alpha value is -0.800. The van der Waals surface area contributed by atoms with Gasteiger partial charge in [-0.1, -0.05) is 10.4 Å². The molecule has 0 aromatic carbocycles. The van der Waals surface area contributed by atoms with Crippen molar-refractivity contribution in [3.8, 4) is 0 Å². The zero-order valence-electron chi connectivity index (χ0n) is 6.14. The van der Waals surface area contributed by atoms with Gasteiger partial charge in [-0.3, -0.25) is 0 Å². The van der Waals surface area contributed by atoms with E-state index in [9.17, 15) is 9.81 Å². The lowest BCUT2D eigenvalue weighted by Gasteiger charge is -2.18. The van der Waals surface area contributed by atoms with Crippen LogP contribution in [0.3, 0.4) is 0 Å². The SMILES string of the molecule is O=N[C@@H]1[C@H]2CC[C@H](C2)[C@@H]1N=O. The van der Waals surface area contributed by atoms with Crippen LogP contribution in [0, 0.1) is 21.6 Å². The van der Waals surface area contributed by atoms with Crippen LogP contribution in [0.1, 0.15) is 19.3 Å². The van der Waals surface area contributed by atoms with Crippen LogP contribution >= 0.6 is 0 Å². The van der Waals surface area contributed by atoms with Gasteiger partial charge < -0.3 is 0 Å². The molecule has 0 heterocycles. The van der Waals surface area contributed by atoms with Crippen molar-refractivity contribution in [3.63, 3.8) is 0 Å². The molecule has 4 atom stereocenters. The zero-order chi connectivity index (χ0) is 7.84. The van der Waals surface area contributed by atoms with E-state index in [1.54, 1.807) is 0 Å². The maximum atomic E-state index is 10.3. The lowest BCUT2D eigenvalue weighted by atomic mass is 9.92. The Balaban J connectivity index is 2.19. The maximum absolute atomic E-state index is 10.3. The Morgan fingerprint density at radius 1 is 0.909 bits per heavy atom. The molecular weight excluding hydrogens is 144 g/mol. The second-order valence-corrected chi connectivity index (χ2v) is 3.53. The van der Waals surface area contributed by atoms with Crippen molar-refractivity contribution in [1.82, 2.24) is 0 Å². The molecular formula is C7H10N2O2. The van der Waals surface area contributed by atoms with E-state index < -0.39 is 0 Å². The summed E-state index contributed by atoms with van der Waals surface area (Å²) in [5.41, 5.74) is 0. The predicted octanol–water partition coefficient (Wildman–Crippen LogP) is 1.69. The fourth-order valence-electron chi connectivity index (χ4n) is 2.53. The number of hydrogen-bond acceptors (Lipinski definition) is 4. The molecule has 11 heavy (non-hydrogen) atoms. The van der Waals surface area contributed by atoms with E-state index in [1.807, 2.05) is 0 Å². The highest BCUT2D eigenvalue weighted by Gasteiger charge is 2.49. The average Bonchev–Trinajstić information content (AvgIpc) is 2.60. The highest BCUT2D eigenvalue weighted by atomic mass is 16.3. The molecule has 0 spiro atoms. The third kappa shape index (κ3) is 0.814. The zero-order valence-corrected chi connectivity index (χ0v) is 6.14. The molecule has 2 rings (SSSR count). The van der Waals surface area contributed by atoms with Crippen LogP contribution in [-0.4, -0.2) is 12.1 Å². The minimum absolute atomic E-state index is 0.300. The van der Waals surface area contributed by atoms with E-state index in [0.29, 0.717) is 11.8 Å². The second-order valence-electron chi connectivity index (χ2n) is 3.53. The van der Waals surface area contributed by atoms with Crippen LogP contribution in [-0.2, 0) is 0 Å². The van der Waals surface area contributed by atoms with Gasteiger partial charge in [-0.25, -0.2) is 0 Å². The number of nitrogens with zero attached hydrogens (tertiary/aromatic N) is 2.